The minimum absolute atomic E-state index is 0.251. The van der Waals surface area contributed by atoms with Crippen LogP contribution in [-0.4, -0.2) is 46.4 Å². The van der Waals surface area contributed by atoms with Gasteiger partial charge < -0.3 is 24.1 Å². The van der Waals surface area contributed by atoms with Crippen LogP contribution in [0.1, 0.15) is 17.1 Å². The number of oxazole rings is 1. The van der Waals surface area contributed by atoms with Crippen LogP contribution in [0.2, 0.25) is 0 Å². The average Bonchev–Trinajstić information content (AvgIpc) is 3.01. The third-order valence-corrected chi connectivity index (χ3v) is 3.49. The number of nitriles is 1. The van der Waals surface area contributed by atoms with Gasteiger partial charge in [0, 0.05) is 6.08 Å². The molecule has 0 aliphatic heterocycles. The highest BCUT2D eigenvalue weighted by molar-refractivity contribution is 5.68. The van der Waals surface area contributed by atoms with Crippen molar-refractivity contribution >= 4 is 18.0 Å². The molecule has 2 aromatic rings. The number of likely N-dealkylation sites (N-methyl/N-ethyl adjacent to an activating group) is 1. The highest BCUT2D eigenvalue weighted by atomic mass is 16.5. The topological polar surface area (TPSA) is 84.8 Å². The lowest BCUT2D eigenvalue weighted by Crippen LogP contribution is -3.06. The summed E-state index contributed by atoms with van der Waals surface area (Å²) in [5.41, 5.74) is 1.15. The van der Waals surface area contributed by atoms with Crippen molar-refractivity contribution in [2.24, 2.45) is 0 Å². The van der Waals surface area contributed by atoms with Crippen LogP contribution < -0.4 is 19.7 Å². The van der Waals surface area contributed by atoms with Crippen molar-refractivity contribution in [3.05, 3.63) is 35.3 Å². The lowest BCUT2D eigenvalue weighted by molar-refractivity contribution is -0.856. The molecule has 2 N–H and O–H groups in total. The number of anilines is 1. The molecular weight excluding hydrogens is 320 g/mol. The second kappa shape index (κ2) is 8.76. The number of aromatic nitrogens is 1. The van der Waals surface area contributed by atoms with Gasteiger partial charge in [-0.3, -0.25) is 0 Å². The zero-order valence-electron chi connectivity index (χ0n) is 14.9. The summed E-state index contributed by atoms with van der Waals surface area (Å²) < 4.78 is 16.1. The first-order valence-electron chi connectivity index (χ1n) is 7.91. The number of hydrogen-bond acceptors (Lipinski definition) is 6. The van der Waals surface area contributed by atoms with E-state index in [0.717, 1.165) is 12.1 Å². The van der Waals surface area contributed by atoms with Gasteiger partial charge in [0.25, 0.3) is 0 Å². The van der Waals surface area contributed by atoms with Gasteiger partial charge >= 0.3 is 0 Å². The van der Waals surface area contributed by atoms with Crippen LogP contribution >= 0.6 is 0 Å². The summed E-state index contributed by atoms with van der Waals surface area (Å²) in [5, 5.41) is 12.3. The summed E-state index contributed by atoms with van der Waals surface area (Å²) in [6.07, 6.45) is 3.55. The van der Waals surface area contributed by atoms with Gasteiger partial charge in [-0.2, -0.15) is 10.2 Å². The normalized spacial score (nSPS) is 10.9. The Morgan fingerprint density at radius 2 is 2.00 bits per heavy atom. The first kappa shape index (κ1) is 18.4. The Labute approximate surface area is 147 Å². The molecule has 0 atom stereocenters. The molecule has 1 aromatic heterocycles. The zero-order chi connectivity index (χ0) is 18.2. The Morgan fingerprint density at radius 3 is 2.64 bits per heavy atom. The molecule has 0 saturated heterocycles. The summed E-state index contributed by atoms with van der Waals surface area (Å²) in [5.74, 6) is 2.07. The molecule has 0 aliphatic rings. The molecule has 7 heteroatoms. The second-order valence-corrected chi connectivity index (χ2v) is 5.67. The van der Waals surface area contributed by atoms with Gasteiger partial charge in [-0.1, -0.05) is 6.07 Å². The van der Waals surface area contributed by atoms with Crippen LogP contribution in [0.4, 0.5) is 5.88 Å². The van der Waals surface area contributed by atoms with E-state index in [0.29, 0.717) is 29.8 Å². The molecule has 0 bridgehead atoms. The van der Waals surface area contributed by atoms with Gasteiger partial charge in [-0.25, -0.2) is 0 Å². The van der Waals surface area contributed by atoms with Gasteiger partial charge in [0.05, 0.1) is 41.4 Å². The minimum atomic E-state index is 0.251. The van der Waals surface area contributed by atoms with E-state index in [1.165, 1.54) is 4.90 Å². The molecule has 2 rings (SSSR count). The van der Waals surface area contributed by atoms with Crippen LogP contribution in [0.15, 0.2) is 22.6 Å². The Morgan fingerprint density at radius 1 is 1.24 bits per heavy atom. The van der Waals surface area contributed by atoms with E-state index in [1.807, 2.05) is 30.3 Å². The van der Waals surface area contributed by atoms with E-state index in [2.05, 4.69) is 24.4 Å². The third-order valence-electron chi connectivity index (χ3n) is 3.49. The third kappa shape index (κ3) is 4.99. The smallest absolute Gasteiger partial charge is 0.232 e. The molecule has 1 heterocycles. The number of quaternary nitrogens is 1. The SMILES string of the molecule is COc1ccc(/C=C/c2nc(C#N)c(NCC[NH+](C)C)o2)cc1OC. The molecule has 0 amide bonds. The first-order chi connectivity index (χ1) is 12.1. The molecule has 7 nitrogen and oxygen atoms in total. The Balaban J connectivity index is 2.13. The molecule has 132 valence electrons. The van der Waals surface area contributed by atoms with Crippen LogP contribution in [0, 0.1) is 11.3 Å². The number of nitrogens with zero attached hydrogens (tertiary/aromatic N) is 2. The predicted molar refractivity (Wildman–Crippen MR) is 95.9 cm³/mol. The largest absolute Gasteiger partial charge is 0.493 e. The van der Waals surface area contributed by atoms with Gasteiger partial charge in [0.1, 0.15) is 6.07 Å². The van der Waals surface area contributed by atoms with E-state index in [1.54, 1.807) is 20.3 Å². The lowest BCUT2D eigenvalue weighted by atomic mass is 10.2. The summed E-state index contributed by atoms with van der Waals surface area (Å²) in [4.78, 5) is 5.48. The molecule has 0 fully saturated rings. The first-order valence-corrected chi connectivity index (χ1v) is 7.91. The molecule has 1 aromatic carbocycles. The number of nitrogens with one attached hydrogen (secondary N) is 2. The minimum Gasteiger partial charge on any atom is -0.493 e. The average molecular weight is 343 g/mol. The predicted octanol–water partition coefficient (Wildman–Crippen LogP) is 1.29. The van der Waals surface area contributed by atoms with E-state index in [9.17, 15) is 5.26 Å². The van der Waals surface area contributed by atoms with Crippen molar-refractivity contribution in [2.45, 2.75) is 0 Å². The van der Waals surface area contributed by atoms with Crippen LogP contribution in [0.5, 0.6) is 11.5 Å². The standard InChI is InChI=1S/C18H22N4O3/c1-22(2)10-9-20-18-14(12-19)21-17(25-18)8-6-13-5-7-15(23-3)16(11-13)24-4/h5-8,11,20H,9-10H2,1-4H3/p+1/b8-6+. The van der Waals surface area contributed by atoms with E-state index < -0.39 is 0 Å². The number of rotatable bonds is 8. The number of ether oxygens (including phenoxy) is 2. The van der Waals surface area contributed by atoms with E-state index in [-0.39, 0.29) is 5.69 Å². The Kier molecular flexibility index (Phi) is 6.43. The summed E-state index contributed by atoms with van der Waals surface area (Å²) in [6.45, 7) is 1.60. The van der Waals surface area contributed by atoms with Crippen molar-refractivity contribution in [1.29, 1.82) is 5.26 Å². The number of hydrogen-bond donors (Lipinski definition) is 2. The van der Waals surface area contributed by atoms with E-state index in [4.69, 9.17) is 13.9 Å². The Bertz CT molecular complexity index is 775. The monoisotopic (exact) mass is 343 g/mol. The highest BCUT2D eigenvalue weighted by Gasteiger charge is 2.11. The second-order valence-electron chi connectivity index (χ2n) is 5.67. The molecule has 0 radical (unpaired) electrons. The van der Waals surface area contributed by atoms with E-state index >= 15 is 0 Å². The maximum Gasteiger partial charge on any atom is 0.232 e. The van der Waals surface area contributed by atoms with Crippen molar-refractivity contribution in [1.82, 2.24) is 4.98 Å². The van der Waals surface area contributed by atoms with Crippen molar-refractivity contribution < 1.29 is 18.8 Å². The highest BCUT2D eigenvalue weighted by Crippen LogP contribution is 2.28. The lowest BCUT2D eigenvalue weighted by Gasteiger charge is -2.07. The molecule has 25 heavy (non-hydrogen) atoms. The van der Waals surface area contributed by atoms with Crippen LogP contribution in [-0.2, 0) is 0 Å². The Hall–Kier alpha value is -2.98. The zero-order valence-corrected chi connectivity index (χ0v) is 14.9. The molecular formula is C18H23N4O3+. The van der Waals surface area contributed by atoms with Gasteiger partial charge in [-0.15, -0.1) is 0 Å². The molecule has 0 saturated carbocycles. The summed E-state index contributed by atoms with van der Waals surface area (Å²) >= 11 is 0. The number of benzene rings is 1. The van der Waals surface area contributed by atoms with Crippen molar-refractivity contribution in [3.8, 4) is 17.6 Å². The van der Waals surface area contributed by atoms with Gasteiger partial charge in [0.2, 0.25) is 17.5 Å². The maximum absolute atomic E-state index is 9.18. The van der Waals surface area contributed by atoms with Gasteiger partial charge in [-0.05, 0) is 23.8 Å². The van der Waals surface area contributed by atoms with Crippen LogP contribution in [0.3, 0.4) is 0 Å². The van der Waals surface area contributed by atoms with Crippen molar-refractivity contribution in [3.63, 3.8) is 0 Å². The fourth-order valence-electron chi connectivity index (χ4n) is 2.15. The summed E-state index contributed by atoms with van der Waals surface area (Å²) in [7, 11) is 7.30. The summed E-state index contributed by atoms with van der Waals surface area (Å²) in [6, 6.07) is 7.61. The molecule has 0 spiro atoms. The fraction of sp³-hybridized carbons (Fsp3) is 0.333. The van der Waals surface area contributed by atoms with Crippen LogP contribution in [0.25, 0.3) is 12.2 Å². The molecule has 0 unspecified atom stereocenters. The molecule has 0 aliphatic carbocycles. The quantitative estimate of drug-likeness (QED) is 0.751. The maximum atomic E-state index is 9.18. The fourth-order valence-corrected chi connectivity index (χ4v) is 2.15. The van der Waals surface area contributed by atoms with Crippen molar-refractivity contribution in [2.75, 3.05) is 46.7 Å². The number of methoxy groups -OCH3 is 2. The van der Waals surface area contributed by atoms with Gasteiger partial charge in [0.15, 0.2) is 11.5 Å².